The van der Waals surface area contributed by atoms with Gasteiger partial charge in [-0.15, -0.1) is 0 Å². The Labute approximate surface area is 123 Å². The predicted octanol–water partition coefficient (Wildman–Crippen LogP) is 2.50. The average molecular weight is 347 g/mol. The maximum Gasteiger partial charge on any atom is 0.233 e. The first kappa shape index (κ1) is 14.8. The molecular formula is C13H19BrN2O2S. The van der Waals surface area contributed by atoms with Crippen LogP contribution >= 0.6 is 15.9 Å². The summed E-state index contributed by atoms with van der Waals surface area (Å²) < 4.78 is 27.9. The first-order valence-electron chi connectivity index (χ1n) is 6.44. The summed E-state index contributed by atoms with van der Waals surface area (Å²) >= 11 is 3.40. The third-order valence-corrected chi connectivity index (χ3v) is 5.63. The highest BCUT2D eigenvalue weighted by molar-refractivity contribution is 9.10. The molecule has 1 aromatic carbocycles. The fourth-order valence-electron chi connectivity index (χ4n) is 2.31. The van der Waals surface area contributed by atoms with Gasteiger partial charge in [0, 0.05) is 10.2 Å². The number of aryl methyl sites for hydroxylation is 1. The molecular weight excluding hydrogens is 328 g/mol. The van der Waals surface area contributed by atoms with E-state index in [9.17, 15) is 8.42 Å². The maximum absolute atomic E-state index is 12.1. The Morgan fingerprint density at radius 1 is 1.47 bits per heavy atom. The molecule has 2 N–H and O–H groups in total. The van der Waals surface area contributed by atoms with Gasteiger partial charge in [0.15, 0.2) is 0 Å². The molecule has 19 heavy (non-hydrogen) atoms. The number of nitrogens with one attached hydrogen (secondary N) is 2. The van der Waals surface area contributed by atoms with Crippen LogP contribution in [0.5, 0.6) is 0 Å². The molecule has 1 aliphatic heterocycles. The molecule has 0 aromatic heterocycles. The Bertz CT molecular complexity index is 540. The Morgan fingerprint density at radius 2 is 2.26 bits per heavy atom. The zero-order chi connectivity index (χ0) is 13.9. The number of hydrogen-bond acceptors (Lipinski definition) is 3. The van der Waals surface area contributed by atoms with Crippen molar-refractivity contribution in [2.75, 3.05) is 23.6 Å². The summed E-state index contributed by atoms with van der Waals surface area (Å²) in [6, 6.07) is 5.46. The van der Waals surface area contributed by atoms with Crippen LogP contribution in [0.1, 0.15) is 18.4 Å². The summed E-state index contributed by atoms with van der Waals surface area (Å²) in [5.41, 5.74) is 1.64. The Kier molecular flexibility index (Phi) is 4.86. The lowest BCUT2D eigenvalue weighted by Gasteiger charge is -2.22. The molecule has 6 heteroatoms. The standard InChI is InChI=1S/C13H19BrN2O2S/c1-10-7-12(4-5-13(10)14)16-19(17,18)9-11-3-2-6-15-8-11/h4-5,7,11,15-16H,2-3,6,8-9H2,1H3. The second kappa shape index (κ2) is 6.24. The molecule has 0 spiro atoms. The van der Waals surface area contributed by atoms with E-state index in [-0.39, 0.29) is 11.7 Å². The first-order valence-corrected chi connectivity index (χ1v) is 8.88. The van der Waals surface area contributed by atoms with Crippen LogP contribution in [0.3, 0.4) is 0 Å². The lowest BCUT2D eigenvalue weighted by molar-refractivity contribution is 0.404. The fourth-order valence-corrected chi connectivity index (χ4v) is 4.03. The summed E-state index contributed by atoms with van der Waals surface area (Å²) in [7, 11) is -3.27. The summed E-state index contributed by atoms with van der Waals surface area (Å²) in [5.74, 6) is 0.401. The number of benzene rings is 1. The Hall–Kier alpha value is -0.590. The van der Waals surface area contributed by atoms with E-state index in [4.69, 9.17) is 0 Å². The second-order valence-corrected chi connectivity index (χ2v) is 7.68. The minimum absolute atomic E-state index is 0.190. The van der Waals surface area contributed by atoms with Gasteiger partial charge in [0.05, 0.1) is 5.75 Å². The van der Waals surface area contributed by atoms with Gasteiger partial charge in [-0.1, -0.05) is 15.9 Å². The van der Waals surface area contributed by atoms with E-state index in [2.05, 4.69) is 26.0 Å². The van der Waals surface area contributed by atoms with Gasteiger partial charge in [-0.3, -0.25) is 4.72 Å². The van der Waals surface area contributed by atoms with Crippen molar-refractivity contribution in [3.05, 3.63) is 28.2 Å². The number of piperidine rings is 1. The van der Waals surface area contributed by atoms with E-state index in [1.54, 1.807) is 6.07 Å². The summed E-state index contributed by atoms with van der Waals surface area (Å²) in [6.07, 6.45) is 2.03. The van der Waals surface area contributed by atoms with Crippen molar-refractivity contribution in [2.24, 2.45) is 5.92 Å². The highest BCUT2D eigenvalue weighted by atomic mass is 79.9. The number of hydrogen-bond donors (Lipinski definition) is 2. The molecule has 1 aromatic rings. The largest absolute Gasteiger partial charge is 0.316 e. The quantitative estimate of drug-likeness (QED) is 0.880. The SMILES string of the molecule is Cc1cc(NS(=O)(=O)CC2CCCNC2)ccc1Br. The molecule has 0 bridgehead atoms. The van der Waals surface area contributed by atoms with Crippen LogP contribution in [0.2, 0.25) is 0 Å². The van der Waals surface area contributed by atoms with Gasteiger partial charge < -0.3 is 5.32 Å². The van der Waals surface area contributed by atoms with Crippen molar-refractivity contribution >= 4 is 31.6 Å². The topological polar surface area (TPSA) is 58.2 Å². The van der Waals surface area contributed by atoms with Gasteiger partial charge in [-0.05, 0) is 62.5 Å². The Balaban J connectivity index is 2.01. The van der Waals surface area contributed by atoms with Crippen LogP contribution in [0.25, 0.3) is 0 Å². The van der Waals surface area contributed by atoms with Crippen molar-refractivity contribution in [1.29, 1.82) is 0 Å². The molecule has 106 valence electrons. The third kappa shape index (κ3) is 4.47. The van der Waals surface area contributed by atoms with Crippen molar-refractivity contribution in [2.45, 2.75) is 19.8 Å². The monoisotopic (exact) mass is 346 g/mol. The molecule has 1 fully saturated rings. The van der Waals surface area contributed by atoms with Gasteiger partial charge in [0.2, 0.25) is 10.0 Å². The lowest BCUT2D eigenvalue weighted by Crippen LogP contribution is -2.35. The van der Waals surface area contributed by atoms with Crippen LogP contribution in [0.15, 0.2) is 22.7 Å². The average Bonchev–Trinajstić information content (AvgIpc) is 2.34. The van der Waals surface area contributed by atoms with Gasteiger partial charge in [0.25, 0.3) is 0 Å². The minimum Gasteiger partial charge on any atom is -0.316 e. The first-order chi connectivity index (χ1) is 8.96. The van der Waals surface area contributed by atoms with Crippen LogP contribution in [-0.2, 0) is 10.0 Å². The van der Waals surface area contributed by atoms with Gasteiger partial charge in [0.1, 0.15) is 0 Å². The van der Waals surface area contributed by atoms with Gasteiger partial charge in [-0.25, -0.2) is 8.42 Å². The van der Waals surface area contributed by atoms with E-state index in [1.165, 1.54) is 0 Å². The Morgan fingerprint density at radius 3 is 2.89 bits per heavy atom. The smallest absolute Gasteiger partial charge is 0.233 e. The molecule has 1 saturated heterocycles. The van der Waals surface area contributed by atoms with Crippen molar-refractivity contribution in [3.63, 3.8) is 0 Å². The van der Waals surface area contributed by atoms with E-state index >= 15 is 0 Å². The molecule has 0 amide bonds. The maximum atomic E-state index is 12.1. The lowest BCUT2D eigenvalue weighted by atomic mass is 10.0. The number of anilines is 1. The van der Waals surface area contributed by atoms with Crippen LogP contribution in [-0.4, -0.2) is 27.3 Å². The van der Waals surface area contributed by atoms with Crippen molar-refractivity contribution < 1.29 is 8.42 Å². The fraction of sp³-hybridized carbons (Fsp3) is 0.538. The molecule has 0 saturated carbocycles. The van der Waals surface area contributed by atoms with Crippen molar-refractivity contribution in [3.8, 4) is 0 Å². The highest BCUT2D eigenvalue weighted by Gasteiger charge is 2.21. The van der Waals surface area contributed by atoms with Crippen molar-refractivity contribution in [1.82, 2.24) is 5.32 Å². The zero-order valence-corrected chi connectivity index (χ0v) is 13.4. The van der Waals surface area contributed by atoms with Crippen LogP contribution in [0.4, 0.5) is 5.69 Å². The number of sulfonamides is 1. The molecule has 0 radical (unpaired) electrons. The molecule has 2 rings (SSSR count). The van der Waals surface area contributed by atoms with Crippen LogP contribution in [0, 0.1) is 12.8 Å². The molecule has 4 nitrogen and oxygen atoms in total. The summed E-state index contributed by atoms with van der Waals surface area (Å²) in [5, 5.41) is 3.24. The van der Waals surface area contributed by atoms with E-state index in [0.29, 0.717) is 5.69 Å². The summed E-state index contributed by atoms with van der Waals surface area (Å²) in [6.45, 7) is 3.73. The second-order valence-electron chi connectivity index (χ2n) is 5.06. The number of halogens is 1. The number of rotatable bonds is 4. The highest BCUT2D eigenvalue weighted by Crippen LogP contribution is 2.21. The normalized spacial score (nSPS) is 20.2. The van der Waals surface area contributed by atoms with Gasteiger partial charge >= 0.3 is 0 Å². The molecule has 1 aliphatic rings. The van der Waals surface area contributed by atoms with E-state index in [0.717, 1.165) is 36.0 Å². The molecule has 1 unspecified atom stereocenters. The van der Waals surface area contributed by atoms with Gasteiger partial charge in [-0.2, -0.15) is 0 Å². The molecule has 1 atom stereocenters. The molecule has 1 heterocycles. The predicted molar refractivity (Wildman–Crippen MR) is 81.9 cm³/mol. The zero-order valence-electron chi connectivity index (χ0n) is 10.9. The van der Waals surface area contributed by atoms with E-state index < -0.39 is 10.0 Å². The summed E-state index contributed by atoms with van der Waals surface area (Å²) in [4.78, 5) is 0. The minimum atomic E-state index is -3.27. The third-order valence-electron chi connectivity index (χ3n) is 3.29. The molecule has 0 aliphatic carbocycles. The van der Waals surface area contributed by atoms with E-state index in [1.807, 2.05) is 19.1 Å². The van der Waals surface area contributed by atoms with Crippen LogP contribution < -0.4 is 10.0 Å².